The number of nitrogens with zero attached hydrogens (tertiary/aromatic N) is 6. The largest absolute Gasteiger partial charge is 0.253 e. The topological polar surface area (TPSA) is 61.4 Å². The molecule has 2 aromatic heterocycles. The van der Waals surface area contributed by atoms with Gasteiger partial charge >= 0.3 is 0 Å². The smallest absolute Gasteiger partial charge is 0.137 e. The Morgan fingerprint density at radius 1 is 1.00 bits per heavy atom. The van der Waals surface area contributed by atoms with Gasteiger partial charge in [-0.3, -0.25) is 4.68 Å². The zero-order chi connectivity index (χ0) is 12.7. The molecule has 0 aliphatic carbocycles. The van der Waals surface area contributed by atoms with E-state index in [0.717, 1.165) is 13.0 Å². The minimum absolute atomic E-state index is 0.0531. The Bertz CT molecular complexity index is 390. The minimum Gasteiger partial charge on any atom is -0.253 e. The zero-order valence-electron chi connectivity index (χ0n) is 10.9. The van der Waals surface area contributed by atoms with Crippen molar-refractivity contribution in [2.45, 2.75) is 46.2 Å². The fraction of sp³-hybridized carbons (Fsp3) is 0.636. The molecule has 0 spiro atoms. The Morgan fingerprint density at radius 3 is 2.18 bits per heavy atom. The van der Waals surface area contributed by atoms with Gasteiger partial charge in [0.1, 0.15) is 25.3 Å². The predicted octanol–water partition coefficient (Wildman–Crippen LogP) is 1.72. The molecule has 0 amide bonds. The van der Waals surface area contributed by atoms with Gasteiger partial charge in [0.2, 0.25) is 0 Å². The number of aromatic nitrogens is 6. The summed E-state index contributed by atoms with van der Waals surface area (Å²) in [5.41, 5.74) is -0.0531. The van der Waals surface area contributed by atoms with Crippen LogP contribution in [-0.4, -0.2) is 29.5 Å². The summed E-state index contributed by atoms with van der Waals surface area (Å²) in [6.45, 7) is 9.07. The van der Waals surface area contributed by atoms with Gasteiger partial charge in [0, 0.05) is 6.54 Å². The second kappa shape index (κ2) is 6.12. The van der Waals surface area contributed by atoms with E-state index in [9.17, 15) is 0 Å². The van der Waals surface area contributed by atoms with Crippen molar-refractivity contribution in [2.75, 3.05) is 0 Å². The summed E-state index contributed by atoms with van der Waals surface area (Å²) >= 11 is 0. The fourth-order valence-corrected chi connectivity index (χ4v) is 1.37. The molecule has 0 atom stereocenters. The fourth-order valence-electron chi connectivity index (χ4n) is 1.37. The Morgan fingerprint density at radius 2 is 1.65 bits per heavy atom. The minimum atomic E-state index is -0.0531. The van der Waals surface area contributed by atoms with Gasteiger partial charge in [-0.25, -0.2) is 14.6 Å². The number of hydrogen-bond donors (Lipinski definition) is 0. The van der Waals surface area contributed by atoms with E-state index in [4.69, 9.17) is 0 Å². The maximum absolute atomic E-state index is 4.15. The Hall–Kier alpha value is -1.72. The van der Waals surface area contributed by atoms with Crippen molar-refractivity contribution in [3.63, 3.8) is 0 Å². The molecule has 0 aliphatic heterocycles. The van der Waals surface area contributed by atoms with Crippen LogP contribution in [0.3, 0.4) is 0 Å². The molecule has 0 saturated carbocycles. The maximum Gasteiger partial charge on any atom is 0.137 e. The standard InChI is InChI=1S/C9H14N6.C2H6/c1-9(2,15-8-11-6-13-15)3-4-14-7-10-5-12-14;1-2/h5-8H,3-4H2,1-2H3;1-2H3. The summed E-state index contributed by atoms with van der Waals surface area (Å²) in [7, 11) is 0. The molecule has 2 heterocycles. The van der Waals surface area contributed by atoms with Gasteiger partial charge in [0.25, 0.3) is 0 Å². The van der Waals surface area contributed by atoms with Crippen LogP contribution in [0.15, 0.2) is 25.3 Å². The van der Waals surface area contributed by atoms with E-state index >= 15 is 0 Å². The molecule has 0 radical (unpaired) electrons. The Kier molecular flexibility index (Phi) is 4.81. The highest BCUT2D eigenvalue weighted by atomic mass is 15.4. The van der Waals surface area contributed by atoms with Gasteiger partial charge in [-0.1, -0.05) is 13.8 Å². The first-order valence-corrected chi connectivity index (χ1v) is 5.86. The van der Waals surface area contributed by atoms with E-state index in [1.807, 2.05) is 23.2 Å². The second-order valence-corrected chi connectivity index (χ2v) is 4.06. The SMILES string of the molecule is CC.CC(C)(CCn1cncn1)n1cncn1. The van der Waals surface area contributed by atoms with Crippen molar-refractivity contribution in [3.05, 3.63) is 25.3 Å². The molecule has 0 saturated heterocycles. The van der Waals surface area contributed by atoms with Crippen LogP contribution in [0.25, 0.3) is 0 Å². The molecule has 2 rings (SSSR count). The van der Waals surface area contributed by atoms with Crippen LogP contribution < -0.4 is 0 Å². The zero-order valence-corrected chi connectivity index (χ0v) is 10.9. The second-order valence-electron chi connectivity index (χ2n) is 4.06. The molecule has 6 nitrogen and oxygen atoms in total. The highest BCUT2D eigenvalue weighted by molar-refractivity contribution is 4.77. The van der Waals surface area contributed by atoms with Gasteiger partial charge in [-0.2, -0.15) is 10.2 Å². The summed E-state index contributed by atoms with van der Waals surface area (Å²) in [4.78, 5) is 7.85. The molecule has 6 heteroatoms. The Labute approximate surface area is 102 Å². The van der Waals surface area contributed by atoms with Gasteiger partial charge < -0.3 is 0 Å². The lowest BCUT2D eigenvalue weighted by molar-refractivity contribution is 0.273. The third-order valence-corrected chi connectivity index (χ3v) is 2.46. The van der Waals surface area contributed by atoms with Crippen LogP contribution in [0, 0.1) is 0 Å². The van der Waals surface area contributed by atoms with E-state index < -0.39 is 0 Å². The first-order chi connectivity index (χ1) is 8.18. The van der Waals surface area contributed by atoms with Crippen molar-refractivity contribution < 1.29 is 0 Å². The molecule has 0 bridgehead atoms. The van der Waals surface area contributed by atoms with E-state index in [-0.39, 0.29) is 5.54 Å². The van der Waals surface area contributed by atoms with Gasteiger partial charge in [0.05, 0.1) is 5.54 Å². The lowest BCUT2D eigenvalue weighted by Crippen LogP contribution is -2.28. The van der Waals surface area contributed by atoms with Crippen LogP contribution in [0.4, 0.5) is 0 Å². The molecule has 0 aliphatic rings. The predicted molar refractivity (Wildman–Crippen MR) is 65.3 cm³/mol. The van der Waals surface area contributed by atoms with Crippen molar-refractivity contribution in [1.29, 1.82) is 0 Å². The molecular formula is C11H20N6. The van der Waals surface area contributed by atoms with E-state index in [1.54, 1.807) is 25.3 Å². The summed E-state index contributed by atoms with van der Waals surface area (Å²) in [6.07, 6.45) is 7.48. The van der Waals surface area contributed by atoms with Crippen LogP contribution >= 0.6 is 0 Å². The summed E-state index contributed by atoms with van der Waals surface area (Å²) < 4.78 is 3.68. The third-order valence-electron chi connectivity index (χ3n) is 2.46. The highest BCUT2D eigenvalue weighted by Crippen LogP contribution is 2.18. The Balaban J connectivity index is 0.000000686. The maximum atomic E-state index is 4.15. The highest BCUT2D eigenvalue weighted by Gasteiger charge is 2.20. The molecule has 0 fully saturated rings. The molecule has 0 N–H and O–H groups in total. The third kappa shape index (κ3) is 3.65. The molecule has 17 heavy (non-hydrogen) atoms. The van der Waals surface area contributed by atoms with Crippen LogP contribution in [0.1, 0.15) is 34.1 Å². The number of rotatable bonds is 4. The lowest BCUT2D eigenvalue weighted by Gasteiger charge is -2.24. The van der Waals surface area contributed by atoms with Gasteiger partial charge in [0.15, 0.2) is 0 Å². The molecule has 0 unspecified atom stereocenters. The number of aryl methyl sites for hydroxylation is 1. The van der Waals surface area contributed by atoms with E-state index in [1.165, 1.54) is 0 Å². The average molecular weight is 236 g/mol. The normalized spacial score (nSPS) is 10.8. The molecule has 94 valence electrons. The van der Waals surface area contributed by atoms with E-state index in [0.29, 0.717) is 0 Å². The lowest BCUT2D eigenvalue weighted by atomic mass is 10.0. The van der Waals surface area contributed by atoms with Crippen molar-refractivity contribution in [1.82, 2.24) is 29.5 Å². The quantitative estimate of drug-likeness (QED) is 0.811. The van der Waals surface area contributed by atoms with Gasteiger partial charge in [-0.05, 0) is 20.3 Å². The molecule has 0 aromatic carbocycles. The van der Waals surface area contributed by atoms with Crippen molar-refractivity contribution >= 4 is 0 Å². The summed E-state index contributed by atoms with van der Waals surface area (Å²) in [5, 5.41) is 8.21. The van der Waals surface area contributed by atoms with E-state index in [2.05, 4.69) is 34.0 Å². The molecule has 2 aromatic rings. The monoisotopic (exact) mass is 236 g/mol. The van der Waals surface area contributed by atoms with Crippen LogP contribution in [0.2, 0.25) is 0 Å². The van der Waals surface area contributed by atoms with Crippen LogP contribution in [-0.2, 0) is 12.1 Å². The first kappa shape index (κ1) is 13.3. The molecular weight excluding hydrogens is 216 g/mol. The average Bonchev–Trinajstić information content (AvgIpc) is 3.02. The number of hydrogen-bond acceptors (Lipinski definition) is 4. The van der Waals surface area contributed by atoms with Crippen molar-refractivity contribution in [3.8, 4) is 0 Å². The van der Waals surface area contributed by atoms with Gasteiger partial charge in [-0.15, -0.1) is 0 Å². The first-order valence-electron chi connectivity index (χ1n) is 5.86. The van der Waals surface area contributed by atoms with Crippen LogP contribution in [0.5, 0.6) is 0 Å². The summed E-state index contributed by atoms with van der Waals surface area (Å²) in [5.74, 6) is 0. The summed E-state index contributed by atoms with van der Waals surface area (Å²) in [6, 6.07) is 0. The van der Waals surface area contributed by atoms with Crippen molar-refractivity contribution in [2.24, 2.45) is 0 Å².